The highest BCUT2D eigenvalue weighted by Gasteiger charge is 2.26. The third-order valence-corrected chi connectivity index (χ3v) is 4.09. The zero-order valence-electron chi connectivity index (χ0n) is 14.5. The van der Waals surface area contributed by atoms with Crippen LogP contribution in [0.15, 0.2) is 33.3 Å². The van der Waals surface area contributed by atoms with Gasteiger partial charge in [-0.1, -0.05) is 23.2 Å². The zero-order chi connectivity index (χ0) is 17.8. The molecule has 0 amide bonds. The van der Waals surface area contributed by atoms with Crippen molar-refractivity contribution in [3.63, 3.8) is 0 Å². The van der Waals surface area contributed by atoms with Gasteiger partial charge in [0.15, 0.2) is 5.82 Å². The molecular weight excluding hydrogens is 336 g/mol. The molecule has 0 N–H and O–H groups in total. The van der Waals surface area contributed by atoms with Crippen molar-refractivity contribution in [1.82, 2.24) is 25.3 Å². The van der Waals surface area contributed by atoms with Gasteiger partial charge in [-0.2, -0.15) is 4.98 Å². The van der Waals surface area contributed by atoms with Crippen molar-refractivity contribution in [2.45, 2.75) is 32.3 Å². The number of morpholine rings is 1. The second-order valence-corrected chi connectivity index (χ2v) is 6.10. The maximum absolute atomic E-state index is 5.83. The number of ether oxygens (including phenoxy) is 1. The van der Waals surface area contributed by atoms with Crippen molar-refractivity contribution >= 4 is 6.01 Å². The minimum Gasteiger partial charge on any atom is -0.408 e. The molecule has 136 valence electrons. The molecule has 1 aliphatic heterocycles. The van der Waals surface area contributed by atoms with Crippen LogP contribution in [0.5, 0.6) is 0 Å². The maximum Gasteiger partial charge on any atom is 0.318 e. The standard InChI is InChI=1S/C17H20N6O3/c1-2-5-15-20-21-17(25-15)23-8-9-24-12(11-23)10-14-19-16(26-22-14)13-6-3-4-7-18-13/h3-4,6-7,12H,2,5,8-11H2,1H3/t12-/m0/s1. The van der Waals surface area contributed by atoms with Gasteiger partial charge in [0, 0.05) is 32.1 Å². The lowest BCUT2D eigenvalue weighted by atomic mass is 10.2. The van der Waals surface area contributed by atoms with Gasteiger partial charge in [0.05, 0.1) is 12.7 Å². The SMILES string of the molecule is CCCc1nnc(N2CCO[C@@H](Cc3noc(-c4ccccn4)n3)C2)o1. The van der Waals surface area contributed by atoms with Crippen molar-refractivity contribution in [2.75, 3.05) is 24.6 Å². The van der Waals surface area contributed by atoms with Gasteiger partial charge in [0.2, 0.25) is 5.89 Å². The van der Waals surface area contributed by atoms with Crippen LogP contribution in [-0.2, 0) is 17.6 Å². The van der Waals surface area contributed by atoms with Crippen LogP contribution in [0, 0.1) is 0 Å². The number of aromatic nitrogens is 5. The van der Waals surface area contributed by atoms with Gasteiger partial charge in [-0.25, -0.2) is 0 Å². The number of aryl methyl sites for hydroxylation is 1. The van der Waals surface area contributed by atoms with Crippen molar-refractivity contribution in [2.24, 2.45) is 0 Å². The van der Waals surface area contributed by atoms with Crippen LogP contribution in [0.3, 0.4) is 0 Å². The van der Waals surface area contributed by atoms with E-state index in [9.17, 15) is 0 Å². The van der Waals surface area contributed by atoms with E-state index in [1.54, 1.807) is 6.20 Å². The van der Waals surface area contributed by atoms with E-state index >= 15 is 0 Å². The van der Waals surface area contributed by atoms with Crippen LogP contribution < -0.4 is 4.90 Å². The lowest BCUT2D eigenvalue weighted by molar-refractivity contribution is 0.0377. The summed E-state index contributed by atoms with van der Waals surface area (Å²) < 4.78 is 16.8. The molecule has 4 rings (SSSR count). The van der Waals surface area contributed by atoms with E-state index in [1.807, 2.05) is 23.1 Å². The third-order valence-electron chi connectivity index (χ3n) is 4.09. The molecule has 3 aromatic heterocycles. The molecule has 0 spiro atoms. The van der Waals surface area contributed by atoms with E-state index < -0.39 is 0 Å². The molecule has 26 heavy (non-hydrogen) atoms. The van der Waals surface area contributed by atoms with E-state index in [2.05, 4.69) is 32.2 Å². The minimum atomic E-state index is -0.0699. The molecule has 9 heteroatoms. The van der Waals surface area contributed by atoms with E-state index in [0.29, 0.717) is 48.9 Å². The average Bonchev–Trinajstić information content (AvgIpc) is 3.33. The third kappa shape index (κ3) is 3.72. The Morgan fingerprint density at radius 3 is 3.08 bits per heavy atom. The molecule has 4 heterocycles. The summed E-state index contributed by atoms with van der Waals surface area (Å²) in [5, 5.41) is 12.3. The summed E-state index contributed by atoms with van der Waals surface area (Å²) in [6.07, 6.45) is 3.94. The molecule has 3 aromatic rings. The second-order valence-electron chi connectivity index (χ2n) is 6.10. The molecule has 0 aromatic carbocycles. The second kappa shape index (κ2) is 7.61. The Hall–Kier alpha value is -2.81. The Kier molecular flexibility index (Phi) is 4.87. The number of rotatable bonds is 6. The fourth-order valence-corrected chi connectivity index (χ4v) is 2.84. The molecule has 1 aliphatic rings. The summed E-state index contributed by atoms with van der Waals surface area (Å²) in [7, 11) is 0. The monoisotopic (exact) mass is 356 g/mol. The van der Waals surface area contributed by atoms with Gasteiger partial charge < -0.3 is 18.6 Å². The molecule has 0 saturated carbocycles. The zero-order valence-corrected chi connectivity index (χ0v) is 14.5. The van der Waals surface area contributed by atoms with E-state index in [-0.39, 0.29) is 6.10 Å². The van der Waals surface area contributed by atoms with Crippen molar-refractivity contribution in [1.29, 1.82) is 0 Å². The first kappa shape index (κ1) is 16.6. The molecule has 0 radical (unpaired) electrons. The Morgan fingerprint density at radius 2 is 2.23 bits per heavy atom. The summed E-state index contributed by atoms with van der Waals surface area (Å²) in [6.45, 7) is 4.02. The van der Waals surface area contributed by atoms with Crippen LogP contribution >= 0.6 is 0 Å². The first-order valence-corrected chi connectivity index (χ1v) is 8.74. The number of nitrogens with zero attached hydrogens (tertiary/aromatic N) is 6. The number of anilines is 1. The highest BCUT2D eigenvalue weighted by molar-refractivity contribution is 5.45. The molecule has 0 unspecified atom stereocenters. The maximum atomic E-state index is 5.83. The van der Waals surface area contributed by atoms with Crippen LogP contribution in [0.1, 0.15) is 25.1 Å². The minimum absolute atomic E-state index is 0.0699. The Balaban J connectivity index is 1.40. The van der Waals surface area contributed by atoms with Gasteiger partial charge in [0.1, 0.15) is 5.69 Å². The van der Waals surface area contributed by atoms with Crippen LogP contribution in [0.2, 0.25) is 0 Å². The lowest BCUT2D eigenvalue weighted by Gasteiger charge is -2.30. The smallest absolute Gasteiger partial charge is 0.318 e. The summed E-state index contributed by atoms with van der Waals surface area (Å²) in [5.41, 5.74) is 0.659. The highest BCUT2D eigenvalue weighted by atomic mass is 16.5. The molecule has 1 saturated heterocycles. The molecular formula is C17H20N6O3. The Morgan fingerprint density at radius 1 is 1.27 bits per heavy atom. The first-order chi connectivity index (χ1) is 12.8. The number of hydrogen-bond donors (Lipinski definition) is 0. The van der Waals surface area contributed by atoms with Crippen LogP contribution in [0.25, 0.3) is 11.6 Å². The molecule has 1 atom stereocenters. The van der Waals surface area contributed by atoms with E-state index in [4.69, 9.17) is 13.7 Å². The summed E-state index contributed by atoms with van der Waals surface area (Å²) >= 11 is 0. The first-order valence-electron chi connectivity index (χ1n) is 8.74. The van der Waals surface area contributed by atoms with E-state index in [0.717, 1.165) is 19.4 Å². The molecule has 0 bridgehead atoms. The summed E-state index contributed by atoms with van der Waals surface area (Å²) in [5.74, 6) is 1.67. The van der Waals surface area contributed by atoms with Crippen LogP contribution in [0.4, 0.5) is 6.01 Å². The lowest BCUT2D eigenvalue weighted by Crippen LogP contribution is -2.43. The van der Waals surface area contributed by atoms with Gasteiger partial charge in [-0.3, -0.25) is 4.98 Å². The fraction of sp³-hybridized carbons (Fsp3) is 0.471. The molecule has 1 fully saturated rings. The summed E-state index contributed by atoms with van der Waals surface area (Å²) in [4.78, 5) is 10.7. The predicted octanol–water partition coefficient (Wildman–Crippen LogP) is 1.91. The largest absolute Gasteiger partial charge is 0.408 e. The highest BCUT2D eigenvalue weighted by Crippen LogP contribution is 2.19. The fourth-order valence-electron chi connectivity index (χ4n) is 2.84. The number of pyridine rings is 1. The quantitative estimate of drug-likeness (QED) is 0.655. The average molecular weight is 356 g/mol. The topological polar surface area (TPSA) is 103 Å². The molecule has 9 nitrogen and oxygen atoms in total. The number of hydrogen-bond acceptors (Lipinski definition) is 9. The predicted molar refractivity (Wildman–Crippen MR) is 91.5 cm³/mol. The Bertz CT molecular complexity index is 834. The van der Waals surface area contributed by atoms with Gasteiger partial charge in [-0.05, 0) is 18.6 Å². The van der Waals surface area contributed by atoms with E-state index in [1.165, 1.54) is 0 Å². The molecule has 0 aliphatic carbocycles. The van der Waals surface area contributed by atoms with Crippen molar-refractivity contribution < 1.29 is 13.7 Å². The summed E-state index contributed by atoms with van der Waals surface area (Å²) in [6, 6.07) is 6.10. The van der Waals surface area contributed by atoms with Crippen LogP contribution in [-0.4, -0.2) is 51.1 Å². The van der Waals surface area contributed by atoms with Gasteiger partial charge in [-0.15, -0.1) is 5.10 Å². The van der Waals surface area contributed by atoms with Gasteiger partial charge in [0.25, 0.3) is 5.89 Å². The normalized spacial score (nSPS) is 17.6. The van der Waals surface area contributed by atoms with Crippen molar-refractivity contribution in [3.8, 4) is 11.6 Å². The Labute approximate surface area is 150 Å². The van der Waals surface area contributed by atoms with Gasteiger partial charge >= 0.3 is 6.01 Å². The van der Waals surface area contributed by atoms with Crippen molar-refractivity contribution in [3.05, 3.63) is 36.1 Å².